The molecule has 3 rings (SSSR count). The highest BCUT2D eigenvalue weighted by atomic mass is 16.5. The summed E-state index contributed by atoms with van der Waals surface area (Å²) in [7, 11) is 1.96. The standard InChI is InChI=1S/C16H20N4O/c1-3-5-16-18-15(19-21-16)11-20-9-8-13-12(10-17-2)6-4-7-14(13)20/h4,6-9,17H,3,5,10-11H2,1-2H3. The van der Waals surface area contributed by atoms with E-state index < -0.39 is 0 Å². The molecule has 0 aliphatic rings. The highest BCUT2D eigenvalue weighted by Crippen LogP contribution is 2.21. The Morgan fingerprint density at radius 3 is 3.00 bits per heavy atom. The number of aromatic nitrogens is 3. The van der Waals surface area contributed by atoms with Crippen molar-refractivity contribution in [2.24, 2.45) is 0 Å². The highest BCUT2D eigenvalue weighted by molar-refractivity contribution is 5.83. The van der Waals surface area contributed by atoms with Gasteiger partial charge in [0.1, 0.15) is 0 Å². The Bertz CT molecular complexity index is 729. The molecule has 0 fully saturated rings. The largest absolute Gasteiger partial charge is 0.340 e. The van der Waals surface area contributed by atoms with Crippen LogP contribution in [0.4, 0.5) is 0 Å². The van der Waals surface area contributed by atoms with Crippen LogP contribution in [0.1, 0.15) is 30.6 Å². The number of nitrogens with zero attached hydrogens (tertiary/aromatic N) is 3. The first kappa shape index (κ1) is 13.8. The summed E-state index contributed by atoms with van der Waals surface area (Å²) < 4.78 is 7.41. The van der Waals surface area contributed by atoms with Crippen LogP contribution in [0, 0.1) is 0 Å². The van der Waals surface area contributed by atoms with E-state index in [9.17, 15) is 0 Å². The first-order chi connectivity index (χ1) is 10.3. The SMILES string of the molecule is CCCc1nc(Cn2ccc3c(CNC)cccc32)no1. The number of nitrogens with one attached hydrogen (secondary N) is 1. The Balaban J connectivity index is 1.88. The van der Waals surface area contributed by atoms with E-state index >= 15 is 0 Å². The van der Waals surface area contributed by atoms with Gasteiger partial charge >= 0.3 is 0 Å². The van der Waals surface area contributed by atoms with E-state index in [1.54, 1.807) is 0 Å². The van der Waals surface area contributed by atoms with Crippen molar-refractivity contribution in [3.8, 4) is 0 Å². The zero-order chi connectivity index (χ0) is 14.7. The van der Waals surface area contributed by atoms with E-state index in [2.05, 4.69) is 57.4 Å². The fourth-order valence-corrected chi connectivity index (χ4v) is 2.59. The summed E-state index contributed by atoms with van der Waals surface area (Å²) in [4.78, 5) is 4.43. The molecule has 3 aromatic rings. The van der Waals surface area contributed by atoms with E-state index in [4.69, 9.17) is 4.52 Å². The first-order valence-electron chi connectivity index (χ1n) is 7.34. The lowest BCUT2D eigenvalue weighted by Crippen LogP contribution is -2.05. The fraction of sp³-hybridized carbons (Fsp3) is 0.375. The fourth-order valence-electron chi connectivity index (χ4n) is 2.59. The number of hydrogen-bond acceptors (Lipinski definition) is 4. The molecule has 0 spiro atoms. The second-order valence-electron chi connectivity index (χ2n) is 5.18. The number of fused-ring (bicyclic) bond motifs is 1. The van der Waals surface area contributed by atoms with Crippen molar-refractivity contribution in [1.29, 1.82) is 0 Å². The molecule has 0 radical (unpaired) electrons. The molecule has 2 aromatic heterocycles. The first-order valence-corrected chi connectivity index (χ1v) is 7.34. The lowest BCUT2D eigenvalue weighted by Gasteiger charge is -2.05. The van der Waals surface area contributed by atoms with Gasteiger partial charge < -0.3 is 14.4 Å². The molecule has 0 saturated heterocycles. The molecule has 21 heavy (non-hydrogen) atoms. The van der Waals surface area contributed by atoms with Crippen molar-refractivity contribution in [2.45, 2.75) is 32.9 Å². The minimum absolute atomic E-state index is 0.639. The van der Waals surface area contributed by atoms with Gasteiger partial charge in [0.15, 0.2) is 5.82 Å². The number of benzene rings is 1. The molecule has 0 aliphatic carbocycles. The van der Waals surface area contributed by atoms with Crippen LogP contribution >= 0.6 is 0 Å². The second kappa shape index (κ2) is 6.10. The van der Waals surface area contributed by atoms with Gasteiger partial charge in [-0.3, -0.25) is 0 Å². The quantitative estimate of drug-likeness (QED) is 0.756. The topological polar surface area (TPSA) is 55.9 Å². The highest BCUT2D eigenvalue weighted by Gasteiger charge is 2.09. The molecule has 0 atom stereocenters. The van der Waals surface area contributed by atoms with Crippen LogP contribution in [-0.4, -0.2) is 21.8 Å². The molecular weight excluding hydrogens is 264 g/mol. The molecule has 110 valence electrons. The lowest BCUT2D eigenvalue weighted by atomic mass is 10.1. The van der Waals surface area contributed by atoms with Crippen LogP contribution in [0.25, 0.3) is 10.9 Å². The smallest absolute Gasteiger partial charge is 0.226 e. The predicted octanol–water partition coefficient (Wildman–Crippen LogP) is 2.74. The molecule has 0 bridgehead atoms. The molecular formula is C16H20N4O. The Morgan fingerprint density at radius 2 is 2.19 bits per heavy atom. The van der Waals surface area contributed by atoms with E-state index in [0.29, 0.717) is 6.54 Å². The molecule has 2 heterocycles. The second-order valence-corrected chi connectivity index (χ2v) is 5.18. The molecule has 1 aromatic carbocycles. The van der Waals surface area contributed by atoms with Crippen molar-refractivity contribution in [3.05, 3.63) is 47.7 Å². The molecule has 0 unspecified atom stereocenters. The Morgan fingerprint density at radius 1 is 1.29 bits per heavy atom. The van der Waals surface area contributed by atoms with Gasteiger partial charge in [-0.05, 0) is 31.2 Å². The predicted molar refractivity (Wildman–Crippen MR) is 82.1 cm³/mol. The van der Waals surface area contributed by atoms with Gasteiger partial charge in [0.05, 0.1) is 6.54 Å². The van der Waals surface area contributed by atoms with E-state index in [-0.39, 0.29) is 0 Å². The van der Waals surface area contributed by atoms with Gasteiger partial charge in [-0.2, -0.15) is 4.98 Å². The molecule has 5 nitrogen and oxygen atoms in total. The van der Waals surface area contributed by atoms with Crippen LogP contribution in [0.2, 0.25) is 0 Å². The normalized spacial score (nSPS) is 11.3. The molecule has 0 saturated carbocycles. The zero-order valence-corrected chi connectivity index (χ0v) is 12.5. The Labute approximate surface area is 124 Å². The summed E-state index contributed by atoms with van der Waals surface area (Å²) in [6.07, 6.45) is 3.94. The van der Waals surface area contributed by atoms with Crippen molar-refractivity contribution >= 4 is 10.9 Å². The maximum atomic E-state index is 5.24. The number of hydrogen-bond donors (Lipinski definition) is 1. The number of aryl methyl sites for hydroxylation is 1. The van der Waals surface area contributed by atoms with E-state index in [1.807, 2.05) is 7.05 Å². The van der Waals surface area contributed by atoms with Crippen LogP contribution < -0.4 is 5.32 Å². The summed E-state index contributed by atoms with van der Waals surface area (Å²) in [5, 5.41) is 8.53. The third kappa shape index (κ3) is 2.83. The van der Waals surface area contributed by atoms with Crippen molar-refractivity contribution in [1.82, 2.24) is 20.0 Å². The van der Waals surface area contributed by atoms with Gasteiger partial charge in [0.25, 0.3) is 0 Å². The van der Waals surface area contributed by atoms with Gasteiger partial charge in [-0.15, -0.1) is 0 Å². The monoisotopic (exact) mass is 284 g/mol. The van der Waals surface area contributed by atoms with Crippen molar-refractivity contribution < 1.29 is 4.52 Å². The van der Waals surface area contributed by atoms with Crippen LogP contribution in [0.5, 0.6) is 0 Å². The van der Waals surface area contributed by atoms with Crippen LogP contribution in [0.15, 0.2) is 35.0 Å². The maximum Gasteiger partial charge on any atom is 0.226 e. The molecule has 1 N–H and O–H groups in total. The average Bonchev–Trinajstić information content (AvgIpc) is 3.09. The lowest BCUT2D eigenvalue weighted by molar-refractivity contribution is 0.371. The van der Waals surface area contributed by atoms with Crippen molar-refractivity contribution in [2.75, 3.05) is 7.05 Å². The summed E-state index contributed by atoms with van der Waals surface area (Å²) in [5.74, 6) is 1.45. The van der Waals surface area contributed by atoms with Crippen LogP contribution in [-0.2, 0) is 19.5 Å². The van der Waals surface area contributed by atoms with Gasteiger partial charge in [0, 0.05) is 30.1 Å². The van der Waals surface area contributed by atoms with E-state index in [0.717, 1.165) is 31.1 Å². The molecule has 5 heteroatoms. The van der Waals surface area contributed by atoms with Gasteiger partial charge in [-0.1, -0.05) is 24.2 Å². The Kier molecular flexibility index (Phi) is 4.01. The summed E-state index contributed by atoms with van der Waals surface area (Å²) in [6, 6.07) is 8.51. The summed E-state index contributed by atoms with van der Waals surface area (Å²) >= 11 is 0. The summed E-state index contributed by atoms with van der Waals surface area (Å²) in [5.41, 5.74) is 2.50. The molecule has 0 amide bonds. The minimum atomic E-state index is 0.639. The third-order valence-corrected chi connectivity index (χ3v) is 3.56. The number of rotatable bonds is 6. The zero-order valence-electron chi connectivity index (χ0n) is 12.5. The third-order valence-electron chi connectivity index (χ3n) is 3.56. The summed E-state index contributed by atoms with van der Waals surface area (Å²) in [6.45, 7) is 3.61. The van der Waals surface area contributed by atoms with Crippen molar-refractivity contribution in [3.63, 3.8) is 0 Å². The Hall–Kier alpha value is -2.14. The maximum absolute atomic E-state index is 5.24. The van der Waals surface area contributed by atoms with Gasteiger partial charge in [0.2, 0.25) is 5.89 Å². The minimum Gasteiger partial charge on any atom is -0.340 e. The van der Waals surface area contributed by atoms with E-state index in [1.165, 1.54) is 16.5 Å². The average molecular weight is 284 g/mol. The molecule has 0 aliphatic heterocycles. The van der Waals surface area contributed by atoms with Gasteiger partial charge in [-0.25, -0.2) is 0 Å². The van der Waals surface area contributed by atoms with Crippen LogP contribution in [0.3, 0.4) is 0 Å².